The minimum absolute atomic E-state index is 0.00253. The minimum Gasteiger partial charge on any atom is -0.872 e. The van der Waals surface area contributed by atoms with Gasteiger partial charge in [0, 0.05) is 24.1 Å². The highest BCUT2D eigenvalue weighted by Crippen LogP contribution is 2.42. The van der Waals surface area contributed by atoms with E-state index in [-0.39, 0.29) is 11.7 Å². The predicted molar refractivity (Wildman–Crippen MR) is 137 cm³/mol. The third kappa shape index (κ3) is 6.14. The average Bonchev–Trinajstić information content (AvgIpc) is 3.14. The van der Waals surface area contributed by atoms with Gasteiger partial charge >= 0.3 is 0 Å². The van der Waals surface area contributed by atoms with Gasteiger partial charge in [0.1, 0.15) is 24.6 Å². The summed E-state index contributed by atoms with van der Waals surface area (Å²) in [6.07, 6.45) is 0.710. The number of ether oxygens (including phenoxy) is 3. The second kappa shape index (κ2) is 12.3. The smallest absolute Gasteiger partial charge is 0.295 e. The molecule has 1 amide bonds. The first-order valence-electron chi connectivity index (χ1n) is 13.1. The zero-order chi connectivity index (χ0) is 26.4. The van der Waals surface area contributed by atoms with E-state index in [4.69, 9.17) is 14.2 Å². The lowest BCUT2D eigenvalue weighted by Crippen LogP contribution is -3.14. The van der Waals surface area contributed by atoms with Gasteiger partial charge in [-0.05, 0) is 44.5 Å². The van der Waals surface area contributed by atoms with Gasteiger partial charge in [0.15, 0.2) is 0 Å². The Bertz CT molecular complexity index is 1120. The maximum absolute atomic E-state index is 13.7. The molecule has 0 aromatic heterocycles. The number of nitrogens with one attached hydrogen (secondary N) is 1. The number of morpholine rings is 1. The molecule has 1 N–H and O–H groups in total. The third-order valence-electron chi connectivity index (χ3n) is 6.66. The molecule has 2 heterocycles. The number of para-hydroxylation sites is 1. The topological polar surface area (TPSA) is 92.6 Å². The number of benzene rings is 2. The number of carbonyl (C=O) groups is 2. The van der Waals surface area contributed by atoms with Crippen LogP contribution in [0.2, 0.25) is 0 Å². The molecular formula is C29H36N2O6. The number of rotatable bonds is 10. The van der Waals surface area contributed by atoms with E-state index in [1.807, 2.05) is 45.0 Å². The summed E-state index contributed by atoms with van der Waals surface area (Å²) in [5.41, 5.74) is 0.949. The van der Waals surface area contributed by atoms with Crippen LogP contribution in [-0.4, -0.2) is 68.7 Å². The van der Waals surface area contributed by atoms with Crippen molar-refractivity contribution >= 4 is 17.4 Å². The van der Waals surface area contributed by atoms with Gasteiger partial charge in [0.2, 0.25) is 5.78 Å². The number of ketones is 1. The van der Waals surface area contributed by atoms with Gasteiger partial charge < -0.3 is 29.1 Å². The van der Waals surface area contributed by atoms with Crippen LogP contribution in [0, 0.1) is 0 Å². The quantitative estimate of drug-likeness (QED) is 0.296. The van der Waals surface area contributed by atoms with Crippen LogP contribution in [0.15, 0.2) is 54.1 Å². The second-order valence-electron chi connectivity index (χ2n) is 9.60. The number of hydrogen-bond acceptors (Lipinski definition) is 6. The first kappa shape index (κ1) is 26.7. The van der Waals surface area contributed by atoms with Crippen LogP contribution in [0.3, 0.4) is 0 Å². The maximum Gasteiger partial charge on any atom is 0.295 e. The number of quaternary nitrogens is 1. The van der Waals surface area contributed by atoms with E-state index >= 15 is 0 Å². The molecule has 2 aliphatic rings. The maximum atomic E-state index is 13.7. The molecule has 4 rings (SSSR count). The molecule has 198 valence electrons. The minimum atomic E-state index is -0.804. The second-order valence-corrected chi connectivity index (χ2v) is 9.60. The fraction of sp³-hybridized carbons (Fsp3) is 0.448. The first-order chi connectivity index (χ1) is 17.9. The molecule has 1 unspecified atom stereocenters. The summed E-state index contributed by atoms with van der Waals surface area (Å²) in [4.78, 5) is 29.6. The SMILES string of the molecule is CCOc1ccccc1C1C(=C([O-])c2ccc(OC(C)C)cc2)C(=O)C(=O)N1CCC[NH+]1CCOCC1. The molecule has 2 aromatic rings. The van der Waals surface area contributed by atoms with Crippen molar-refractivity contribution < 1.29 is 33.8 Å². The lowest BCUT2D eigenvalue weighted by molar-refractivity contribution is -0.908. The average molecular weight is 509 g/mol. The van der Waals surface area contributed by atoms with Crippen molar-refractivity contribution in [2.45, 2.75) is 39.3 Å². The highest BCUT2D eigenvalue weighted by molar-refractivity contribution is 6.46. The molecule has 0 spiro atoms. The Morgan fingerprint density at radius 1 is 1.11 bits per heavy atom. The number of Topliss-reactive ketones (excluding diaryl/α,β-unsaturated/α-hetero) is 1. The van der Waals surface area contributed by atoms with E-state index in [0.29, 0.717) is 42.2 Å². The molecule has 2 aromatic carbocycles. The standard InChI is InChI=1S/C29H36N2O6/c1-4-36-24-9-6-5-8-23(24)26-25(27(32)21-10-12-22(13-11-21)37-20(2)3)28(33)29(34)31(26)15-7-14-30-16-18-35-19-17-30/h5-6,8-13,20,26,32H,4,7,14-19H2,1-3H3. The number of hydrogen-bond donors (Lipinski definition) is 1. The van der Waals surface area contributed by atoms with E-state index < -0.39 is 23.5 Å². The van der Waals surface area contributed by atoms with Crippen LogP contribution in [0.4, 0.5) is 0 Å². The van der Waals surface area contributed by atoms with Crippen molar-refractivity contribution in [3.8, 4) is 11.5 Å². The Labute approximate surface area is 218 Å². The van der Waals surface area contributed by atoms with Gasteiger partial charge in [-0.3, -0.25) is 9.59 Å². The van der Waals surface area contributed by atoms with Gasteiger partial charge in [-0.15, -0.1) is 0 Å². The molecule has 8 heteroatoms. The summed E-state index contributed by atoms with van der Waals surface area (Å²) in [5.74, 6) is -0.644. The number of carbonyl (C=O) groups excluding carboxylic acids is 2. The molecule has 0 radical (unpaired) electrons. The Morgan fingerprint density at radius 3 is 2.49 bits per heavy atom. The van der Waals surface area contributed by atoms with Gasteiger partial charge in [0.05, 0.1) is 38.5 Å². The third-order valence-corrected chi connectivity index (χ3v) is 6.66. The van der Waals surface area contributed by atoms with Crippen molar-refractivity contribution in [2.75, 3.05) is 46.0 Å². The summed E-state index contributed by atoms with van der Waals surface area (Å²) in [5, 5.41) is 13.7. The molecular weight excluding hydrogens is 472 g/mol. The first-order valence-corrected chi connectivity index (χ1v) is 13.1. The molecule has 2 aliphatic heterocycles. The number of nitrogens with zero attached hydrogens (tertiary/aromatic N) is 1. The highest BCUT2D eigenvalue weighted by atomic mass is 16.5. The zero-order valence-corrected chi connectivity index (χ0v) is 21.8. The molecule has 0 bridgehead atoms. The van der Waals surface area contributed by atoms with Crippen molar-refractivity contribution in [1.82, 2.24) is 4.90 Å². The van der Waals surface area contributed by atoms with Crippen molar-refractivity contribution in [3.63, 3.8) is 0 Å². The fourth-order valence-electron chi connectivity index (χ4n) is 4.94. The van der Waals surface area contributed by atoms with E-state index in [0.717, 1.165) is 32.8 Å². The largest absolute Gasteiger partial charge is 0.872 e. The Hall–Kier alpha value is -3.36. The number of likely N-dealkylation sites (tertiary alicyclic amines) is 1. The van der Waals surface area contributed by atoms with Crippen LogP contribution in [0.25, 0.3) is 5.76 Å². The summed E-state index contributed by atoms with van der Waals surface area (Å²) in [7, 11) is 0. The molecule has 37 heavy (non-hydrogen) atoms. The monoisotopic (exact) mass is 508 g/mol. The summed E-state index contributed by atoms with van der Waals surface area (Å²) in [6, 6.07) is 13.2. The molecule has 0 saturated carbocycles. The molecule has 0 aliphatic carbocycles. The Kier molecular flexibility index (Phi) is 8.84. The molecule has 2 saturated heterocycles. The molecule has 1 atom stereocenters. The van der Waals surface area contributed by atoms with E-state index in [1.54, 1.807) is 29.2 Å². The van der Waals surface area contributed by atoms with Gasteiger partial charge in [-0.1, -0.05) is 36.1 Å². The van der Waals surface area contributed by atoms with Gasteiger partial charge in [-0.25, -0.2) is 0 Å². The zero-order valence-electron chi connectivity index (χ0n) is 21.8. The van der Waals surface area contributed by atoms with E-state index in [2.05, 4.69) is 0 Å². The van der Waals surface area contributed by atoms with Crippen LogP contribution in [0.5, 0.6) is 11.5 Å². The van der Waals surface area contributed by atoms with Crippen LogP contribution in [0.1, 0.15) is 44.4 Å². The summed E-state index contributed by atoms with van der Waals surface area (Å²) in [6.45, 7) is 10.7. The van der Waals surface area contributed by atoms with Crippen LogP contribution < -0.4 is 19.5 Å². The van der Waals surface area contributed by atoms with Crippen LogP contribution in [-0.2, 0) is 14.3 Å². The molecule has 8 nitrogen and oxygen atoms in total. The summed E-state index contributed by atoms with van der Waals surface area (Å²) >= 11 is 0. The predicted octanol–water partition coefficient (Wildman–Crippen LogP) is 1.40. The Balaban J connectivity index is 1.69. The fourth-order valence-corrected chi connectivity index (χ4v) is 4.94. The lowest BCUT2D eigenvalue weighted by atomic mass is 9.94. The lowest BCUT2D eigenvalue weighted by Gasteiger charge is -2.29. The van der Waals surface area contributed by atoms with E-state index in [1.165, 1.54) is 4.90 Å². The normalized spacial score (nSPS) is 20.0. The molecule has 2 fully saturated rings. The number of amides is 1. The Morgan fingerprint density at radius 2 is 1.81 bits per heavy atom. The van der Waals surface area contributed by atoms with Crippen LogP contribution >= 0.6 is 0 Å². The van der Waals surface area contributed by atoms with Gasteiger partial charge in [-0.2, -0.15) is 0 Å². The van der Waals surface area contributed by atoms with Gasteiger partial charge in [0.25, 0.3) is 5.91 Å². The van der Waals surface area contributed by atoms with Crippen molar-refractivity contribution in [3.05, 3.63) is 65.2 Å². The summed E-state index contributed by atoms with van der Waals surface area (Å²) < 4.78 is 17.0. The van der Waals surface area contributed by atoms with E-state index in [9.17, 15) is 14.7 Å². The van der Waals surface area contributed by atoms with Crippen molar-refractivity contribution in [1.29, 1.82) is 0 Å². The van der Waals surface area contributed by atoms with Crippen molar-refractivity contribution in [2.24, 2.45) is 0 Å². The highest BCUT2D eigenvalue weighted by Gasteiger charge is 2.45.